The van der Waals surface area contributed by atoms with Crippen LogP contribution in [0.3, 0.4) is 0 Å². The molecule has 0 radical (unpaired) electrons. The van der Waals surface area contributed by atoms with Crippen LogP contribution in [0, 0.1) is 5.92 Å². The molecule has 0 aliphatic carbocycles. The lowest BCUT2D eigenvalue weighted by Gasteiger charge is -2.39. The quantitative estimate of drug-likeness (QED) is 0.918. The summed E-state index contributed by atoms with van der Waals surface area (Å²) in [5.74, 6) is -1.41. The molecule has 0 saturated carbocycles. The number of amides is 1. The van der Waals surface area contributed by atoms with Gasteiger partial charge in [0.05, 0.1) is 12.0 Å². The number of likely N-dealkylation sites (tertiary alicyclic amines) is 1. The Labute approximate surface area is 140 Å². The van der Waals surface area contributed by atoms with Crippen molar-refractivity contribution in [1.82, 2.24) is 9.88 Å². The summed E-state index contributed by atoms with van der Waals surface area (Å²) in [6.45, 7) is 0.471. The Bertz CT molecular complexity index is 703. The molecule has 124 valence electrons. The molecule has 0 spiro atoms. The summed E-state index contributed by atoms with van der Waals surface area (Å²) in [6, 6.07) is 14.7. The van der Waals surface area contributed by atoms with Crippen LogP contribution in [0.15, 0.2) is 54.7 Å². The summed E-state index contributed by atoms with van der Waals surface area (Å²) in [6.07, 6.45) is 3.00. The summed E-state index contributed by atoms with van der Waals surface area (Å²) in [7, 11) is 0. The fourth-order valence-corrected chi connectivity index (χ4v) is 3.32. The molecular weight excluding hydrogens is 304 g/mol. The molecule has 3 rings (SSSR count). The molecule has 1 fully saturated rings. The summed E-state index contributed by atoms with van der Waals surface area (Å²) < 4.78 is 0. The van der Waals surface area contributed by atoms with Gasteiger partial charge in [0, 0.05) is 31.3 Å². The highest BCUT2D eigenvalue weighted by Gasteiger charge is 2.40. The van der Waals surface area contributed by atoms with Gasteiger partial charge in [-0.3, -0.25) is 14.6 Å². The summed E-state index contributed by atoms with van der Waals surface area (Å²) in [4.78, 5) is 30.2. The van der Waals surface area contributed by atoms with Crippen LogP contribution in [0.25, 0.3) is 0 Å². The number of piperidine rings is 1. The second kappa shape index (κ2) is 7.25. The molecule has 2 heterocycles. The van der Waals surface area contributed by atoms with E-state index in [1.807, 2.05) is 48.5 Å². The third-order valence-electron chi connectivity index (χ3n) is 4.50. The minimum atomic E-state index is -0.848. The van der Waals surface area contributed by atoms with Gasteiger partial charge < -0.3 is 10.0 Å². The number of carboxylic acids is 1. The van der Waals surface area contributed by atoms with Gasteiger partial charge in [0.15, 0.2) is 0 Å². The number of aliphatic carboxylic acids is 1. The molecule has 1 aromatic heterocycles. The first-order chi connectivity index (χ1) is 11.7. The van der Waals surface area contributed by atoms with Gasteiger partial charge in [-0.25, -0.2) is 0 Å². The van der Waals surface area contributed by atoms with Crippen LogP contribution in [0.2, 0.25) is 0 Å². The second-order valence-electron chi connectivity index (χ2n) is 6.00. The standard InChI is InChI=1S/C19H20N2O3/c22-17-10-9-16(19(23)24)18(14-6-2-1-3-7-14)21(17)13-11-15-8-4-5-12-20-15/h1-8,12,16,18H,9-11,13H2,(H,23,24). The van der Waals surface area contributed by atoms with Crippen molar-refractivity contribution >= 4 is 11.9 Å². The number of hydrogen-bond acceptors (Lipinski definition) is 3. The zero-order chi connectivity index (χ0) is 16.9. The van der Waals surface area contributed by atoms with E-state index < -0.39 is 17.9 Å². The smallest absolute Gasteiger partial charge is 0.308 e. The third kappa shape index (κ3) is 3.45. The van der Waals surface area contributed by atoms with Gasteiger partial charge in [-0.05, 0) is 24.1 Å². The Morgan fingerprint density at radius 1 is 1.17 bits per heavy atom. The molecule has 1 aliphatic rings. The highest BCUT2D eigenvalue weighted by Crippen LogP contribution is 2.36. The third-order valence-corrected chi connectivity index (χ3v) is 4.50. The number of carboxylic acid groups (broad SMARTS) is 1. The predicted octanol–water partition coefficient (Wildman–Crippen LogP) is 2.69. The van der Waals surface area contributed by atoms with Crippen molar-refractivity contribution in [3.8, 4) is 0 Å². The molecule has 1 N–H and O–H groups in total. The lowest BCUT2D eigenvalue weighted by molar-refractivity contribution is -0.152. The van der Waals surface area contributed by atoms with Crippen LogP contribution >= 0.6 is 0 Å². The van der Waals surface area contributed by atoms with Gasteiger partial charge in [0.1, 0.15) is 0 Å². The highest BCUT2D eigenvalue weighted by molar-refractivity contribution is 5.81. The number of nitrogens with zero attached hydrogens (tertiary/aromatic N) is 2. The topological polar surface area (TPSA) is 70.5 Å². The Hall–Kier alpha value is -2.69. The lowest BCUT2D eigenvalue weighted by atomic mass is 9.84. The number of benzene rings is 1. The zero-order valence-electron chi connectivity index (χ0n) is 13.3. The van der Waals surface area contributed by atoms with E-state index in [4.69, 9.17) is 0 Å². The normalized spacial score (nSPS) is 20.8. The fourth-order valence-electron chi connectivity index (χ4n) is 3.32. The summed E-state index contributed by atoms with van der Waals surface area (Å²) in [5, 5.41) is 9.61. The summed E-state index contributed by atoms with van der Waals surface area (Å²) >= 11 is 0. The number of carbonyl (C=O) groups excluding carboxylic acids is 1. The lowest BCUT2D eigenvalue weighted by Crippen LogP contribution is -2.46. The maximum atomic E-state index is 12.5. The van der Waals surface area contributed by atoms with Crippen LogP contribution in [-0.2, 0) is 16.0 Å². The molecule has 2 unspecified atom stereocenters. The van der Waals surface area contributed by atoms with Crippen molar-refractivity contribution in [2.45, 2.75) is 25.3 Å². The van der Waals surface area contributed by atoms with E-state index in [-0.39, 0.29) is 12.3 Å². The van der Waals surface area contributed by atoms with Crippen molar-refractivity contribution in [2.24, 2.45) is 5.92 Å². The van der Waals surface area contributed by atoms with E-state index in [0.717, 1.165) is 11.3 Å². The largest absolute Gasteiger partial charge is 0.481 e. The van der Waals surface area contributed by atoms with E-state index in [1.165, 1.54) is 0 Å². The van der Waals surface area contributed by atoms with Crippen LogP contribution in [0.4, 0.5) is 0 Å². The molecule has 0 bridgehead atoms. The van der Waals surface area contributed by atoms with Gasteiger partial charge in [0.2, 0.25) is 5.91 Å². The number of hydrogen-bond donors (Lipinski definition) is 1. The minimum absolute atomic E-state index is 0.0114. The van der Waals surface area contributed by atoms with Crippen molar-refractivity contribution in [2.75, 3.05) is 6.54 Å². The molecule has 5 heteroatoms. The average molecular weight is 324 g/mol. The predicted molar refractivity (Wildman–Crippen MR) is 89.2 cm³/mol. The van der Waals surface area contributed by atoms with Crippen LogP contribution in [0.5, 0.6) is 0 Å². The molecule has 1 saturated heterocycles. The highest BCUT2D eigenvalue weighted by atomic mass is 16.4. The maximum absolute atomic E-state index is 12.5. The molecule has 1 amide bonds. The van der Waals surface area contributed by atoms with Crippen LogP contribution in [-0.4, -0.2) is 33.4 Å². The maximum Gasteiger partial charge on any atom is 0.308 e. The SMILES string of the molecule is O=C(O)C1CCC(=O)N(CCc2ccccn2)C1c1ccccc1. The number of aromatic nitrogens is 1. The molecule has 1 aliphatic heterocycles. The van der Waals surface area contributed by atoms with Crippen molar-refractivity contribution < 1.29 is 14.7 Å². The monoisotopic (exact) mass is 324 g/mol. The first-order valence-corrected chi connectivity index (χ1v) is 8.14. The van der Waals surface area contributed by atoms with Crippen molar-refractivity contribution in [3.63, 3.8) is 0 Å². The van der Waals surface area contributed by atoms with E-state index in [2.05, 4.69) is 4.98 Å². The Balaban J connectivity index is 1.87. The van der Waals surface area contributed by atoms with E-state index in [9.17, 15) is 14.7 Å². The zero-order valence-corrected chi connectivity index (χ0v) is 13.3. The first-order valence-electron chi connectivity index (χ1n) is 8.14. The van der Waals surface area contributed by atoms with E-state index in [0.29, 0.717) is 19.4 Å². The van der Waals surface area contributed by atoms with Gasteiger partial charge in [-0.1, -0.05) is 36.4 Å². The van der Waals surface area contributed by atoms with Gasteiger partial charge in [-0.15, -0.1) is 0 Å². The second-order valence-corrected chi connectivity index (χ2v) is 6.00. The van der Waals surface area contributed by atoms with Gasteiger partial charge in [0.25, 0.3) is 0 Å². The fraction of sp³-hybridized carbons (Fsp3) is 0.316. The average Bonchev–Trinajstić information content (AvgIpc) is 2.61. The Morgan fingerprint density at radius 2 is 1.92 bits per heavy atom. The number of carbonyl (C=O) groups is 2. The molecule has 5 nitrogen and oxygen atoms in total. The molecular formula is C19H20N2O3. The number of rotatable bonds is 5. The van der Waals surface area contributed by atoms with Gasteiger partial charge in [-0.2, -0.15) is 0 Å². The first kappa shape index (κ1) is 16.2. The van der Waals surface area contributed by atoms with Gasteiger partial charge >= 0.3 is 5.97 Å². The van der Waals surface area contributed by atoms with E-state index >= 15 is 0 Å². The van der Waals surface area contributed by atoms with Crippen LogP contribution < -0.4 is 0 Å². The number of pyridine rings is 1. The summed E-state index contributed by atoms with van der Waals surface area (Å²) in [5.41, 5.74) is 1.77. The molecule has 2 atom stereocenters. The minimum Gasteiger partial charge on any atom is -0.481 e. The molecule has 2 aromatic rings. The Morgan fingerprint density at radius 3 is 2.58 bits per heavy atom. The molecule has 1 aromatic carbocycles. The van der Waals surface area contributed by atoms with Crippen molar-refractivity contribution in [3.05, 3.63) is 66.0 Å². The molecule has 24 heavy (non-hydrogen) atoms. The van der Waals surface area contributed by atoms with Crippen molar-refractivity contribution in [1.29, 1.82) is 0 Å². The van der Waals surface area contributed by atoms with E-state index in [1.54, 1.807) is 11.1 Å². The Kier molecular flexibility index (Phi) is 4.89. The van der Waals surface area contributed by atoms with Crippen LogP contribution in [0.1, 0.15) is 30.1 Å².